The van der Waals surface area contributed by atoms with E-state index in [1.807, 2.05) is 6.92 Å². The molecule has 1 amide bonds. The zero-order valence-electron chi connectivity index (χ0n) is 10.5. The fourth-order valence-electron chi connectivity index (χ4n) is 1.61. The number of aromatic nitrogens is 2. The molecule has 2 aromatic rings. The SMILES string of the molecule is Cc1ccc(-c2cc(C(=O)N(C)CC(=O)O)n[nH]2)o1. The molecule has 0 aromatic carbocycles. The zero-order valence-corrected chi connectivity index (χ0v) is 10.5. The Hall–Kier alpha value is -2.57. The lowest BCUT2D eigenvalue weighted by Gasteiger charge is -2.11. The first-order valence-electron chi connectivity index (χ1n) is 5.57. The summed E-state index contributed by atoms with van der Waals surface area (Å²) in [6.07, 6.45) is 0. The first-order chi connectivity index (χ1) is 8.97. The molecule has 0 saturated carbocycles. The third-order valence-electron chi connectivity index (χ3n) is 2.52. The minimum Gasteiger partial charge on any atom is -0.480 e. The highest BCUT2D eigenvalue weighted by molar-refractivity contribution is 5.94. The molecule has 0 atom stereocenters. The zero-order chi connectivity index (χ0) is 14.0. The largest absolute Gasteiger partial charge is 0.480 e. The second kappa shape index (κ2) is 4.97. The molecule has 0 aliphatic carbocycles. The first-order valence-corrected chi connectivity index (χ1v) is 5.57. The van der Waals surface area contributed by atoms with Crippen LogP contribution in [0.2, 0.25) is 0 Å². The number of hydrogen-bond donors (Lipinski definition) is 2. The van der Waals surface area contributed by atoms with E-state index in [2.05, 4.69) is 10.2 Å². The lowest BCUT2D eigenvalue weighted by atomic mass is 10.3. The third kappa shape index (κ3) is 2.82. The Morgan fingerprint density at radius 2 is 2.21 bits per heavy atom. The third-order valence-corrected chi connectivity index (χ3v) is 2.52. The van der Waals surface area contributed by atoms with E-state index in [1.165, 1.54) is 13.1 Å². The molecule has 7 heteroatoms. The first kappa shape index (κ1) is 12.9. The normalized spacial score (nSPS) is 10.4. The molecule has 0 radical (unpaired) electrons. The van der Waals surface area contributed by atoms with Gasteiger partial charge in [-0.1, -0.05) is 0 Å². The van der Waals surface area contributed by atoms with Gasteiger partial charge in [0.15, 0.2) is 11.5 Å². The number of carboxylic acids is 1. The van der Waals surface area contributed by atoms with E-state index in [9.17, 15) is 9.59 Å². The number of furan rings is 1. The highest BCUT2D eigenvalue weighted by Gasteiger charge is 2.18. The van der Waals surface area contributed by atoms with Gasteiger partial charge in [-0.3, -0.25) is 14.7 Å². The molecular weight excluding hydrogens is 250 g/mol. The molecule has 0 fully saturated rings. The number of H-pyrrole nitrogens is 1. The Morgan fingerprint density at radius 3 is 2.79 bits per heavy atom. The molecular formula is C12H13N3O4. The van der Waals surface area contributed by atoms with Crippen molar-refractivity contribution >= 4 is 11.9 Å². The van der Waals surface area contributed by atoms with Crippen LogP contribution in [0.5, 0.6) is 0 Å². The summed E-state index contributed by atoms with van der Waals surface area (Å²) < 4.78 is 5.40. The van der Waals surface area contributed by atoms with Crippen LogP contribution in [0.1, 0.15) is 16.2 Å². The number of carbonyl (C=O) groups is 2. The van der Waals surface area contributed by atoms with Crippen molar-refractivity contribution in [3.8, 4) is 11.5 Å². The second-order valence-corrected chi connectivity index (χ2v) is 4.13. The van der Waals surface area contributed by atoms with E-state index in [4.69, 9.17) is 9.52 Å². The fraction of sp³-hybridized carbons (Fsp3) is 0.250. The van der Waals surface area contributed by atoms with Crippen LogP contribution in [-0.4, -0.2) is 45.7 Å². The Morgan fingerprint density at radius 1 is 1.47 bits per heavy atom. The molecule has 2 rings (SSSR count). The van der Waals surface area contributed by atoms with Gasteiger partial charge in [0.05, 0.1) is 0 Å². The molecule has 7 nitrogen and oxygen atoms in total. The van der Waals surface area contributed by atoms with Crippen molar-refractivity contribution < 1.29 is 19.1 Å². The quantitative estimate of drug-likeness (QED) is 0.861. The summed E-state index contributed by atoms with van der Waals surface area (Å²) in [6, 6.07) is 5.09. The summed E-state index contributed by atoms with van der Waals surface area (Å²) in [5.74, 6) is -0.216. The van der Waals surface area contributed by atoms with Crippen molar-refractivity contribution in [2.75, 3.05) is 13.6 Å². The molecule has 0 spiro atoms. The van der Waals surface area contributed by atoms with Crippen LogP contribution >= 0.6 is 0 Å². The van der Waals surface area contributed by atoms with Crippen LogP contribution in [0.25, 0.3) is 11.5 Å². The topological polar surface area (TPSA) is 99.4 Å². The van der Waals surface area contributed by atoms with E-state index in [1.54, 1.807) is 12.1 Å². The number of nitrogens with zero attached hydrogens (tertiary/aromatic N) is 2. The Bertz CT molecular complexity index is 614. The van der Waals surface area contributed by atoms with Crippen LogP contribution in [0, 0.1) is 6.92 Å². The minimum atomic E-state index is -1.08. The maximum absolute atomic E-state index is 11.9. The average molecular weight is 263 g/mol. The van der Waals surface area contributed by atoms with E-state index >= 15 is 0 Å². The van der Waals surface area contributed by atoms with Crippen LogP contribution in [0.4, 0.5) is 0 Å². The minimum absolute atomic E-state index is 0.146. The standard InChI is InChI=1S/C12H13N3O4/c1-7-3-4-10(19-7)8-5-9(14-13-8)12(18)15(2)6-11(16)17/h3-5H,6H2,1-2H3,(H,13,14)(H,16,17). The van der Waals surface area contributed by atoms with Gasteiger partial charge in [0.1, 0.15) is 18.0 Å². The summed E-state index contributed by atoms with van der Waals surface area (Å²) in [5, 5.41) is 15.2. The van der Waals surface area contributed by atoms with Crippen LogP contribution in [0.3, 0.4) is 0 Å². The van der Waals surface area contributed by atoms with Crippen LogP contribution in [0.15, 0.2) is 22.6 Å². The van der Waals surface area contributed by atoms with Gasteiger partial charge in [0.25, 0.3) is 5.91 Å². The summed E-state index contributed by atoms with van der Waals surface area (Å²) in [5.41, 5.74) is 0.716. The predicted octanol–water partition coefficient (Wildman–Crippen LogP) is 1.13. The lowest BCUT2D eigenvalue weighted by molar-refractivity contribution is -0.137. The van der Waals surface area contributed by atoms with Gasteiger partial charge in [-0.15, -0.1) is 0 Å². The second-order valence-electron chi connectivity index (χ2n) is 4.13. The maximum Gasteiger partial charge on any atom is 0.323 e. The highest BCUT2D eigenvalue weighted by Crippen LogP contribution is 2.20. The maximum atomic E-state index is 11.9. The number of aryl methyl sites for hydroxylation is 1. The molecule has 100 valence electrons. The van der Waals surface area contributed by atoms with E-state index in [0.29, 0.717) is 11.5 Å². The molecule has 0 unspecified atom stereocenters. The van der Waals surface area contributed by atoms with Gasteiger partial charge >= 0.3 is 5.97 Å². The van der Waals surface area contributed by atoms with Crippen molar-refractivity contribution in [2.24, 2.45) is 0 Å². The molecule has 0 saturated heterocycles. The van der Waals surface area contributed by atoms with Crippen molar-refractivity contribution in [3.05, 3.63) is 29.7 Å². The number of likely N-dealkylation sites (N-methyl/N-ethyl adjacent to an activating group) is 1. The van der Waals surface area contributed by atoms with Crippen molar-refractivity contribution in [2.45, 2.75) is 6.92 Å². The number of aromatic amines is 1. The number of hydrogen-bond acceptors (Lipinski definition) is 4. The summed E-state index contributed by atoms with van der Waals surface area (Å²) in [4.78, 5) is 23.5. The summed E-state index contributed by atoms with van der Waals surface area (Å²) in [6.45, 7) is 1.44. The monoisotopic (exact) mass is 263 g/mol. The molecule has 2 aromatic heterocycles. The van der Waals surface area contributed by atoms with Gasteiger partial charge in [-0.2, -0.15) is 5.10 Å². The summed E-state index contributed by atoms with van der Waals surface area (Å²) >= 11 is 0. The highest BCUT2D eigenvalue weighted by atomic mass is 16.4. The Labute approximate surface area is 108 Å². The summed E-state index contributed by atoms with van der Waals surface area (Å²) in [7, 11) is 1.40. The van der Waals surface area contributed by atoms with E-state index < -0.39 is 11.9 Å². The van der Waals surface area contributed by atoms with Crippen molar-refractivity contribution in [3.63, 3.8) is 0 Å². The molecule has 2 heterocycles. The number of carboxylic acid groups (broad SMARTS) is 1. The van der Waals surface area contributed by atoms with Crippen molar-refractivity contribution in [1.29, 1.82) is 0 Å². The van der Waals surface area contributed by atoms with Gasteiger partial charge in [0, 0.05) is 13.1 Å². The predicted molar refractivity (Wildman–Crippen MR) is 65.6 cm³/mol. The van der Waals surface area contributed by atoms with Gasteiger partial charge < -0.3 is 14.4 Å². The van der Waals surface area contributed by atoms with Gasteiger partial charge in [-0.25, -0.2) is 0 Å². The average Bonchev–Trinajstić information content (AvgIpc) is 2.95. The van der Waals surface area contributed by atoms with Gasteiger partial charge in [0.2, 0.25) is 0 Å². The molecule has 19 heavy (non-hydrogen) atoms. The van der Waals surface area contributed by atoms with Crippen LogP contribution in [-0.2, 0) is 4.79 Å². The smallest absolute Gasteiger partial charge is 0.323 e. The van der Waals surface area contributed by atoms with Gasteiger partial charge in [-0.05, 0) is 19.1 Å². The number of carbonyl (C=O) groups excluding carboxylic acids is 1. The van der Waals surface area contributed by atoms with E-state index in [0.717, 1.165) is 10.7 Å². The lowest BCUT2D eigenvalue weighted by Crippen LogP contribution is -2.32. The molecule has 0 aliphatic rings. The molecule has 2 N–H and O–H groups in total. The fourth-order valence-corrected chi connectivity index (χ4v) is 1.61. The van der Waals surface area contributed by atoms with Crippen LogP contribution < -0.4 is 0 Å². The number of nitrogens with one attached hydrogen (secondary N) is 1. The number of aliphatic carboxylic acids is 1. The Kier molecular flexibility index (Phi) is 3.37. The Balaban J connectivity index is 2.17. The number of rotatable bonds is 4. The van der Waals surface area contributed by atoms with E-state index in [-0.39, 0.29) is 12.2 Å². The molecule has 0 aliphatic heterocycles. The number of amides is 1. The van der Waals surface area contributed by atoms with Crippen molar-refractivity contribution in [1.82, 2.24) is 15.1 Å². The molecule has 0 bridgehead atoms.